The first-order valence-corrected chi connectivity index (χ1v) is 5.09. The van der Waals surface area contributed by atoms with Crippen molar-refractivity contribution >= 4 is 11.9 Å². The summed E-state index contributed by atoms with van der Waals surface area (Å²) in [6, 6.07) is 0. The third-order valence-corrected chi connectivity index (χ3v) is 1.57. The van der Waals surface area contributed by atoms with Gasteiger partial charge in [0.15, 0.2) is 0 Å². The van der Waals surface area contributed by atoms with Gasteiger partial charge in [-0.25, -0.2) is 0 Å². The Hall–Kier alpha value is -1.10. The van der Waals surface area contributed by atoms with E-state index < -0.39 is 0 Å². The van der Waals surface area contributed by atoms with Crippen LogP contribution < -0.4 is 0 Å². The number of hydrogen-bond acceptors (Lipinski definition) is 5. The van der Waals surface area contributed by atoms with E-state index in [1.54, 1.807) is 18.9 Å². The lowest BCUT2D eigenvalue weighted by atomic mass is 10.5. The zero-order valence-electron chi connectivity index (χ0n) is 9.62. The molecule has 0 heterocycles. The SMILES string of the molecule is CCCOC(=O)CN(C)CC(=O)OCC. The van der Waals surface area contributed by atoms with Crippen LogP contribution in [0.5, 0.6) is 0 Å². The molecule has 0 aromatic rings. The van der Waals surface area contributed by atoms with Crippen LogP contribution in [0, 0.1) is 0 Å². The van der Waals surface area contributed by atoms with E-state index in [1.165, 1.54) is 0 Å². The van der Waals surface area contributed by atoms with Crippen molar-refractivity contribution in [3.05, 3.63) is 0 Å². The molecule has 0 aliphatic rings. The average molecular weight is 217 g/mol. The van der Waals surface area contributed by atoms with Gasteiger partial charge < -0.3 is 9.47 Å². The number of likely N-dealkylation sites (N-methyl/N-ethyl adjacent to an activating group) is 1. The van der Waals surface area contributed by atoms with Gasteiger partial charge in [-0.05, 0) is 20.4 Å². The average Bonchev–Trinajstić information content (AvgIpc) is 2.14. The Balaban J connectivity index is 3.67. The minimum absolute atomic E-state index is 0.106. The minimum Gasteiger partial charge on any atom is -0.465 e. The molecule has 0 aliphatic heterocycles. The summed E-state index contributed by atoms with van der Waals surface area (Å²) < 4.78 is 9.61. The predicted octanol–water partition coefficient (Wildman–Crippen LogP) is 0.435. The van der Waals surface area contributed by atoms with E-state index >= 15 is 0 Å². The summed E-state index contributed by atoms with van der Waals surface area (Å²) in [7, 11) is 1.67. The van der Waals surface area contributed by atoms with Crippen LogP contribution in [0.3, 0.4) is 0 Å². The van der Waals surface area contributed by atoms with E-state index in [-0.39, 0.29) is 25.0 Å². The molecule has 0 atom stereocenters. The summed E-state index contributed by atoms with van der Waals surface area (Å²) in [6.45, 7) is 4.66. The topological polar surface area (TPSA) is 55.8 Å². The quantitative estimate of drug-likeness (QED) is 0.579. The Bertz CT molecular complexity index is 206. The van der Waals surface area contributed by atoms with Gasteiger partial charge in [0.2, 0.25) is 0 Å². The fourth-order valence-electron chi connectivity index (χ4n) is 0.965. The first-order valence-electron chi connectivity index (χ1n) is 5.09. The van der Waals surface area contributed by atoms with E-state index in [4.69, 9.17) is 9.47 Å². The van der Waals surface area contributed by atoms with Crippen molar-refractivity contribution in [2.75, 3.05) is 33.4 Å². The molecule has 0 aromatic heterocycles. The first kappa shape index (κ1) is 13.9. The molecule has 88 valence electrons. The Morgan fingerprint density at radius 1 is 1.07 bits per heavy atom. The lowest BCUT2D eigenvalue weighted by molar-refractivity contribution is -0.147. The zero-order chi connectivity index (χ0) is 11.7. The first-order chi connectivity index (χ1) is 7.10. The van der Waals surface area contributed by atoms with Crippen LogP contribution in [0.4, 0.5) is 0 Å². The van der Waals surface area contributed by atoms with Crippen molar-refractivity contribution in [2.24, 2.45) is 0 Å². The highest BCUT2D eigenvalue weighted by molar-refractivity contribution is 5.74. The van der Waals surface area contributed by atoms with Crippen LogP contribution in [-0.2, 0) is 19.1 Å². The highest BCUT2D eigenvalue weighted by Crippen LogP contribution is 1.89. The van der Waals surface area contributed by atoms with E-state index in [0.29, 0.717) is 13.2 Å². The van der Waals surface area contributed by atoms with Crippen molar-refractivity contribution in [2.45, 2.75) is 20.3 Å². The molecule has 0 saturated heterocycles. The molecule has 0 fully saturated rings. The number of hydrogen-bond donors (Lipinski definition) is 0. The summed E-state index contributed by atoms with van der Waals surface area (Å²) in [5.41, 5.74) is 0. The highest BCUT2D eigenvalue weighted by atomic mass is 16.5. The number of ether oxygens (including phenoxy) is 2. The second-order valence-electron chi connectivity index (χ2n) is 3.20. The minimum atomic E-state index is -0.330. The smallest absolute Gasteiger partial charge is 0.320 e. The summed E-state index contributed by atoms with van der Waals surface area (Å²) in [6.07, 6.45) is 0.799. The fourth-order valence-corrected chi connectivity index (χ4v) is 0.965. The van der Waals surface area contributed by atoms with Crippen molar-refractivity contribution in [1.29, 1.82) is 0 Å². The summed E-state index contributed by atoms with van der Waals surface area (Å²) in [5.74, 6) is -0.646. The van der Waals surface area contributed by atoms with Gasteiger partial charge in [0.25, 0.3) is 0 Å². The maximum absolute atomic E-state index is 11.1. The van der Waals surface area contributed by atoms with Crippen LogP contribution in [0.25, 0.3) is 0 Å². The zero-order valence-corrected chi connectivity index (χ0v) is 9.62. The van der Waals surface area contributed by atoms with Gasteiger partial charge in [0.1, 0.15) is 0 Å². The van der Waals surface area contributed by atoms with E-state index in [2.05, 4.69) is 0 Å². The van der Waals surface area contributed by atoms with Crippen molar-refractivity contribution < 1.29 is 19.1 Å². The van der Waals surface area contributed by atoms with Gasteiger partial charge in [-0.2, -0.15) is 0 Å². The van der Waals surface area contributed by atoms with Crippen molar-refractivity contribution in [1.82, 2.24) is 4.90 Å². The molecule has 5 heteroatoms. The normalized spacial score (nSPS) is 10.1. The van der Waals surface area contributed by atoms with E-state index in [9.17, 15) is 9.59 Å². The lowest BCUT2D eigenvalue weighted by Gasteiger charge is -2.14. The van der Waals surface area contributed by atoms with Gasteiger partial charge >= 0.3 is 11.9 Å². The van der Waals surface area contributed by atoms with E-state index in [0.717, 1.165) is 6.42 Å². The number of nitrogens with zero attached hydrogens (tertiary/aromatic N) is 1. The highest BCUT2D eigenvalue weighted by Gasteiger charge is 2.11. The lowest BCUT2D eigenvalue weighted by Crippen LogP contribution is -2.33. The number of rotatable bonds is 7. The Kier molecular flexibility index (Phi) is 7.62. The molecular formula is C10H19NO4. The molecule has 0 saturated carbocycles. The molecule has 15 heavy (non-hydrogen) atoms. The Morgan fingerprint density at radius 3 is 2.07 bits per heavy atom. The predicted molar refractivity (Wildman–Crippen MR) is 55.4 cm³/mol. The van der Waals surface area contributed by atoms with Crippen LogP contribution in [0.1, 0.15) is 20.3 Å². The second kappa shape index (κ2) is 8.23. The Labute approximate surface area is 90.3 Å². The van der Waals surface area contributed by atoms with Gasteiger partial charge in [-0.15, -0.1) is 0 Å². The molecule has 5 nitrogen and oxygen atoms in total. The monoisotopic (exact) mass is 217 g/mol. The van der Waals surface area contributed by atoms with Crippen molar-refractivity contribution in [3.63, 3.8) is 0 Å². The molecule has 0 rings (SSSR count). The molecule has 0 N–H and O–H groups in total. The molecule has 0 aliphatic carbocycles. The fraction of sp³-hybridized carbons (Fsp3) is 0.800. The summed E-state index contributed by atoms with van der Waals surface area (Å²) in [4.78, 5) is 23.7. The molecule has 0 amide bonds. The molecule has 0 bridgehead atoms. The number of carbonyl (C=O) groups excluding carboxylic acids is 2. The standard InChI is InChI=1S/C10H19NO4/c1-4-6-15-10(13)8-11(3)7-9(12)14-5-2/h4-8H2,1-3H3. The van der Waals surface area contributed by atoms with Gasteiger partial charge in [0.05, 0.1) is 26.3 Å². The molecule has 0 aromatic carbocycles. The summed E-state index contributed by atoms with van der Waals surface area (Å²) in [5, 5.41) is 0. The van der Waals surface area contributed by atoms with E-state index in [1.807, 2.05) is 6.92 Å². The summed E-state index contributed by atoms with van der Waals surface area (Å²) >= 11 is 0. The second-order valence-corrected chi connectivity index (χ2v) is 3.20. The van der Waals surface area contributed by atoms with Crippen LogP contribution in [0.2, 0.25) is 0 Å². The molecular weight excluding hydrogens is 198 g/mol. The Morgan fingerprint density at radius 2 is 1.60 bits per heavy atom. The molecule has 0 radical (unpaired) electrons. The van der Waals surface area contributed by atoms with Crippen LogP contribution in [-0.4, -0.2) is 50.2 Å². The number of carbonyl (C=O) groups is 2. The number of esters is 2. The van der Waals surface area contributed by atoms with Crippen LogP contribution in [0.15, 0.2) is 0 Å². The third kappa shape index (κ3) is 7.93. The van der Waals surface area contributed by atoms with Crippen molar-refractivity contribution in [3.8, 4) is 0 Å². The maximum atomic E-state index is 11.1. The van der Waals surface area contributed by atoms with Gasteiger partial charge in [-0.1, -0.05) is 6.92 Å². The van der Waals surface area contributed by atoms with Crippen LogP contribution >= 0.6 is 0 Å². The maximum Gasteiger partial charge on any atom is 0.320 e. The largest absolute Gasteiger partial charge is 0.465 e. The molecule has 0 unspecified atom stereocenters. The third-order valence-electron chi connectivity index (χ3n) is 1.57. The van der Waals surface area contributed by atoms with Gasteiger partial charge in [0, 0.05) is 0 Å². The van der Waals surface area contributed by atoms with Gasteiger partial charge in [-0.3, -0.25) is 14.5 Å². The molecule has 0 spiro atoms.